The molecule has 1 aliphatic rings. The molecule has 0 saturated carbocycles. The number of likely N-dealkylation sites (N-methyl/N-ethyl adjacent to an activating group) is 1. The van der Waals surface area contributed by atoms with Crippen LogP contribution in [-0.2, 0) is 22.2 Å². The van der Waals surface area contributed by atoms with E-state index in [1.165, 1.54) is 12.1 Å². The van der Waals surface area contributed by atoms with Crippen LogP contribution in [0.4, 0.5) is 13.2 Å². The minimum Gasteiger partial charge on any atom is -0.342 e. The van der Waals surface area contributed by atoms with Crippen molar-refractivity contribution in [1.82, 2.24) is 20.4 Å². The van der Waals surface area contributed by atoms with Gasteiger partial charge in [0, 0.05) is 31.2 Å². The van der Waals surface area contributed by atoms with Gasteiger partial charge in [-0.2, -0.15) is 13.2 Å². The fourth-order valence-corrected chi connectivity index (χ4v) is 4.95. The van der Waals surface area contributed by atoms with E-state index in [1.54, 1.807) is 23.8 Å². The van der Waals surface area contributed by atoms with Gasteiger partial charge in [-0.25, -0.2) is 0 Å². The third kappa shape index (κ3) is 8.55. The molecule has 0 spiro atoms. The van der Waals surface area contributed by atoms with E-state index >= 15 is 0 Å². The first-order chi connectivity index (χ1) is 19.2. The fraction of sp³-hybridized carbons (Fsp3) is 0.516. The van der Waals surface area contributed by atoms with Gasteiger partial charge in [0.2, 0.25) is 11.8 Å². The van der Waals surface area contributed by atoms with Crippen molar-refractivity contribution in [2.24, 2.45) is 5.41 Å². The predicted octanol–water partition coefficient (Wildman–Crippen LogP) is 4.52. The van der Waals surface area contributed by atoms with Gasteiger partial charge in [0.05, 0.1) is 11.6 Å². The Hall–Kier alpha value is -3.40. The van der Waals surface area contributed by atoms with Crippen LogP contribution in [0.5, 0.6) is 0 Å². The number of amides is 3. The summed E-state index contributed by atoms with van der Waals surface area (Å²) >= 11 is 0. The number of alkyl halides is 3. The van der Waals surface area contributed by atoms with Gasteiger partial charge in [-0.3, -0.25) is 14.4 Å². The molecular weight excluding hydrogens is 533 g/mol. The maximum absolute atomic E-state index is 13.9. The minimum absolute atomic E-state index is 0.155. The van der Waals surface area contributed by atoms with Gasteiger partial charge in [-0.05, 0) is 68.5 Å². The third-order valence-electron chi connectivity index (χ3n) is 7.58. The summed E-state index contributed by atoms with van der Waals surface area (Å²) in [5.74, 6) is -0.877. The topological polar surface area (TPSA) is 81.8 Å². The highest BCUT2D eigenvalue weighted by Gasteiger charge is 2.41. The van der Waals surface area contributed by atoms with Crippen LogP contribution in [0.1, 0.15) is 62.0 Å². The number of halogens is 3. The summed E-state index contributed by atoms with van der Waals surface area (Å²) in [4.78, 5) is 43.5. The van der Waals surface area contributed by atoms with Gasteiger partial charge in [-0.15, -0.1) is 0 Å². The van der Waals surface area contributed by atoms with Crippen molar-refractivity contribution in [3.8, 4) is 0 Å². The second-order valence-electron chi connectivity index (χ2n) is 11.7. The highest BCUT2D eigenvalue weighted by atomic mass is 19.4. The van der Waals surface area contributed by atoms with Crippen LogP contribution in [0.3, 0.4) is 0 Å². The lowest BCUT2D eigenvalue weighted by atomic mass is 9.85. The van der Waals surface area contributed by atoms with Crippen molar-refractivity contribution in [3.05, 3.63) is 71.3 Å². The van der Waals surface area contributed by atoms with E-state index in [9.17, 15) is 27.6 Å². The van der Waals surface area contributed by atoms with Gasteiger partial charge in [0.25, 0.3) is 5.91 Å². The van der Waals surface area contributed by atoms with Crippen LogP contribution in [0.15, 0.2) is 54.6 Å². The molecule has 2 N–H and O–H groups in total. The molecule has 2 aromatic rings. The van der Waals surface area contributed by atoms with Crippen molar-refractivity contribution in [1.29, 1.82) is 0 Å². The lowest BCUT2D eigenvalue weighted by molar-refractivity contribution is -0.140. The molecule has 3 atom stereocenters. The summed E-state index contributed by atoms with van der Waals surface area (Å²) in [6, 6.07) is 12.3. The van der Waals surface area contributed by atoms with E-state index < -0.39 is 35.1 Å². The molecule has 3 amide bonds. The predicted molar refractivity (Wildman–Crippen MR) is 152 cm³/mol. The van der Waals surface area contributed by atoms with Gasteiger partial charge < -0.3 is 20.4 Å². The molecule has 2 aromatic carbocycles. The largest absolute Gasteiger partial charge is 0.416 e. The zero-order valence-corrected chi connectivity index (χ0v) is 24.4. The normalized spacial score (nSPS) is 17.2. The van der Waals surface area contributed by atoms with Crippen LogP contribution >= 0.6 is 0 Å². The Morgan fingerprint density at radius 1 is 1.02 bits per heavy atom. The smallest absolute Gasteiger partial charge is 0.342 e. The molecule has 7 nitrogen and oxygen atoms in total. The van der Waals surface area contributed by atoms with Gasteiger partial charge in [0.15, 0.2) is 0 Å². The molecule has 1 heterocycles. The second-order valence-corrected chi connectivity index (χ2v) is 11.7. The van der Waals surface area contributed by atoms with Gasteiger partial charge in [-0.1, -0.05) is 51.1 Å². The van der Waals surface area contributed by atoms with Crippen molar-refractivity contribution < 1.29 is 27.6 Å². The number of nitrogens with zero attached hydrogens (tertiary/aromatic N) is 2. The van der Waals surface area contributed by atoms with E-state index in [4.69, 9.17) is 0 Å². The first-order valence-electron chi connectivity index (χ1n) is 14.0. The Morgan fingerprint density at radius 3 is 2.22 bits per heavy atom. The van der Waals surface area contributed by atoms with Crippen LogP contribution < -0.4 is 10.6 Å². The fourth-order valence-electron chi connectivity index (χ4n) is 4.95. The lowest BCUT2D eigenvalue weighted by Gasteiger charge is -2.37. The molecule has 0 unspecified atom stereocenters. The molecule has 1 fully saturated rings. The zero-order chi connectivity index (χ0) is 30.4. The molecule has 3 rings (SSSR count). The SMILES string of the molecule is CN[C@@H](C)C(=O)N[C@H](C(=O)N1CCC[C@H]1CN(CCc1ccccc1)C(=O)c1ccc(C(F)(F)F)cc1)C(C)(C)C. The van der Waals surface area contributed by atoms with Crippen molar-refractivity contribution in [3.63, 3.8) is 0 Å². The molecule has 224 valence electrons. The highest BCUT2D eigenvalue weighted by Crippen LogP contribution is 2.30. The number of likely N-dealkylation sites (tertiary alicyclic amines) is 1. The Balaban J connectivity index is 1.84. The second kappa shape index (κ2) is 13.5. The van der Waals surface area contributed by atoms with Crippen LogP contribution in [0.2, 0.25) is 0 Å². The number of hydrogen-bond acceptors (Lipinski definition) is 4. The van der Waals surface area contributed by atoms with Crippen LogP contribution in [0.25, 0.3) is 0 Å². The van der Waals surface area contributed by atoms with Crippen LogP contribution in [-0.4, -0.2) is 72.3 Å². The summed E-state index contributed by atoms with van der Waals surface area (Å²) in [7, 11) is 1.67. The average molecular weight is 575 g/mol. The average Bonchev–Trinajstić information content (AvgIpc) is 3.40. The molecule has 10 heteroatoms. The Labute approximate surface area is 240 Å². The first-order valence-corrected chi connectivity index (χ1v) is 14.0. The number of hydrogen-bond donors (Lipinski definition) is 2. The van der Waals surface area contributed by atoms with Crippen molar-refractivity contribution in [2.75, 3.05) is 26.7 Å². The maximum Gasteiger partial charge on any atom is 0.416 e. The summed E-state index contributed by atoms with van der Waals surface area (Å²) in [6.45, 7) is 8.46. The van der Waals surface area contributed by atoms with E-state index in [-0.39, 0.29) is 30.0 Å². The Bertz CT molecular complexity index is 1180. The molecular formula is C31H41F3N4O3. The molecule has 0 aliphatic carbocycles. The Kier molecular flexibility index (Phi) is 10.6. The quantitative estimate of drug-likeness (QED) is 0.437. The van der Waals surface area contributed by atoms with Crippen molar-refractivity contribution >= 4 is 17.7 Å². The maximum atomic E-state index is 13.9. The molecule has 0 bridgehead atoms. The zero-order valence-electron chi connectivity index (χ0n) is 24.4. The first kappa shape index (κ1) is 32.1. The summed E-state index contributed by atoms with van der Waals surface area (Å²) < 4.78 is 39.3. The van der Waals surface area contributed by atoms with Gasteiger partial charge >= 0.3 is 6.18 Å². The number of carbonyl (C=O) groups excluding carboxylic acids is 3. The van der Waals surface area contributed by atoms with E-state index in [2.05, 4.69) is 10.6 Å². The van der Waals surface area contributed by atoms with E-state index in [0.29, 0.717) is 25.9 Å². The lowest BCUT2D eigenvalue weighted by Crippen LogP contribution is -2.59. The minimum atomic E-state index is -4.50. The van der Waals surface area contributed by atoms with Crippen LogP contribution in [0, 0.1) is 5.41 Å². The number of carbonyl (C=O) groups is 3. The number of benzene rings is 2. The summed E-state index contributed by atoms with van der Waals surface area (Å²) in [6.07, 6.45) is -2.53. The number of rotatable bonds is 10. The van der Waals surface area contributed by atoms with Gasteiger partial charge in [0.1, 0.15) is 6.04 Å². The molecule has 41 heavy (non-hydrogen) atoms. The Morgan fingerprint density at radius 2 is 1.66 bits per heavy atom. The monoisotopic (exact) mass is 574 g/mol. The van der Waals surface area contributed by atoms with E-state index in [1.807, 2.05) is 51.1 Å². The van der Waals surface area contributed by atoms with Crippen molar-refractivity contribution in [2.45, 2.75) is 71.3 Å². The standard InChI is InChI=1S/C31H41F3N4O3/c1-21(35-5)27(39)36-26(30(2,3)4)29(41)38-18-9-12-25(38)20-37(19-17-22-10-7-6-8-11-22)28(40)23-13-15-24(16-14-23)31(32,33)34/h6-8,10-11,13-16,21,25-26,35H,9,12,17-20H2,1-5H3,(H,36,39)/t21-,25-,26+/m0/s1. The molecule has 1 saturated heterocycles. The molecule has 1 aliphatic heterocycles. The summed E-state index contributed by atoms with van der Waals surface area (Å²) in [5.41, 5.74) is -0.203. The highest BCUT2D eigenvalue weighted by molar-refractivity contribution is 5.94. The summed E-state index contributed by atoms with van der Waals surface area (Å²) in [5, 5.41) is 5.79. The molecule has 0 aromatic heterocycles. The van der Waals surface area contributed by atoms with E-state index in [0.717, 1.165) is 24.1 Å². The molecule has 0 radical (unpaired) electrons. The number of nitrogens with one attached hydrogen (secondary N) is 2. The third-order valence-corrected chi connectivity index (χ3v) is 7.58.